The summed E-state index contributed by atoms with van der Waals surface area (Å²) in [4.78, 5) is 5.17. The smallest absolute Gasteiger partial charge is 0.370 e. The van der Waals surface area contributed by atoms with Gasteiger partial charge in [0.1, 0.15) is 0 Å². The summed E-state index contributed by atoms with van der Waals surface area (Å²) in [5.74, 6) is 0.256. The minimum absolute atomic E-state index is 0.209. The van der Waals surface area contributed by atoms with Gasteiger partial charge in [0.15, 0.2) is 5.96 Å². The lowest BCUT2D eigenvalue weighted by molar-refractivity contribution is -0.142. The largest absolute Gasteiger partial charge is 0.401 e. The van der Waals surface area contributed by atoms with Crippen LogP contribution in [0.5, 0.6) is 0 Å². The van der Waals surface area contributed by atoms with Crippen molar-refractivity contribution in [1.29, 1.82) is 0 Å². The van der Waals surface area contributed by atoms with Crippen LogP contribution in [0.1, 0.15) is 5.56 Å². The van der Waals surface area contributed by atoms with E-state index in [4.69, 9.17) is 5.73 Å². The summed E-state index contributed by atoms with van der Waals surface area (Å²) in [6.45, 7) is 0.138. The number of benzene rings is 1. The van der Waals surface area contributed by atoms with E-state index in [1.165, 1.54) is 17.5 Å². The van der Waals surface area contributed by atoms with E-state index >= 15 is 0 Å². The van der Waals surface area contributed by atoms with Crippen LogP contribution in [-0.2, 0) is 6.42 Å². The molecule has 1 rings (SSSR count). The highest BCUT2D eigenvalue weighted by molar-refractivity contribution is 5.77. The second-order valence-corrected chi connectivity index (χ2v) is 4.78. The van der Waals surface area contributed by atoms with Crippen molar-refractivity contribution in [2.45, 2.75) is 12.6 Å². The first-order chi connectivity index (χ1) is 9.87. The van der Waals surface area contributed by atoms with Gasteiger partial charge in [0.2, 0.25) is 0 Å². The lowest BCUT2D eigenvalue weighted by atomic mass is 10.1. The summed E-state index contributed by atoms with van der Waals surface area (Å²) >= 11 is 0. The number of guanidine groups is 1. The molecule has 0 unspecified atom stereocenters. The molecule has 0 saturated carbocycles. The van der Waals surface area contributed by atoms with Gasteiger partial charge in [-0.2, -0.15) is 13.2 Å². The van der Waals surface area contributed by atoms with Crippen LogP contribution < -0.4 is 11.1 Å². The first-order valence-electron chi connectivity index (χ1n) is 6.70. The maximum atomic E-state index is 12.1. The predicted molar refractivity (Wildman–Crippen MR) is 78.2 cm³/mol. The lowest BCUT2D eigenvalue weighted by Gasteiger charge is -2.17. The third-order valence-electron chi connectivity index (χ3n) is 2.78. The molecule has 0 aliphatic rings. The maximum absolute atomic E-state index is 12.1. The van der Waals surface area contributed by atoms with Crippen LogP contribution in [0.25, 0.3) is 0 Å². The fourth-order valence-electron chi connectivity index (χ4n) is 1.76. The van der Waals surface area contributed by atoms with Crippen LogP contribution in [0.2, 0.25) is 0 Å². The van der Waals surface area contributed by atoms with Crippen LogP contribution >= 0.6 is 0 Å². The first-order valence-corrected chi connectivity index (χ1v) is 6.70. The van der Waals surface area contributed by atoms with E-state index < -0.39 is 12.7 Å². The van der Waals surface area contributed by atoms with E-state index in [-0.39, 0.29) is 19.0 Å². The van der Waals surface area contributed by atoms with Gasteiger partial charge < -0.3 is 11.1 Å². The van der Waals surface area contributed by atoms with Crippen molar-refractivity contribution >= 4 is 5.96 Å². The number of nitrogens with one attached hydrogen (secondary N) is 1. The molecule has 0 saturated heterocycles. The Morgan fingerprint density at radius 3 is 2.57 bits per heavy atom. The number of aliphatic imine (C=N–C) groups is 1. The second-order valence-electron chi connectivity index (χ2n) is 4.78. The molecule has 3 N–H and O–H groups in total. The molecule has 0 aromatic heterocycles. The van der Waals surface area contributed by atoms with Gasteiger partial charge in [0.25, 0.3) is 0 Å². The fraction of sp³-hybridized carbons (Fsp3) is 0.500. The van der Waals surface area contributed by atoms with Gasteiger partial charge in [-0.15, -0.1) is 0 Å². The lowest BCUT2D eigenvalue weighted by Crippen LogP contribution is -2.35. The Morgan fingerprint density at radius 2 is 1.95 bits per heavy atom. The molecule has 0 aliphatic heterocycles. The molecule has 0 radical (unpaired) electrons. The monoisotopic (exact) mass is 302 g/mol. The third kappa shape index (κ3) is 8.91. The summed E-state index contributed by atoms with van der Waals surface area (Å²) in [5, 5.41) is 2.94. The molecule has 1 aromatic carbocycles. The van der Waals surface area contributed by atoms with Gasteiger partial charge in [-0.3, -0.25) is 9.89 Å². The fourth-order valence-corrected chi connectivity index (χ4v) is 1.76. The number of nitrogens with two attached hydrogens (primary N) is 1. The Hall–Kier alpha value is -1.76. The Balaban J connectivity index is 2.18. The number of rotatable bonds is 7. The maximum Gasteiger partial charge on any atom is 0.401 e. The summed E-state index contributed by atoms with van der Waals surface area (Å²) in [6, 6.07) is 9.90. The minimum Gasteiger partial charge on any atom is -0.370 e. The van der Waals surface area contributed by atoms with Crippen LogP contribution in [0.15, 0.2) is 35.3 Å². The van der Waals surface area contributed by atoms with Gasteiger partial charge >= 0.3 is 6.18 Å². The van der Waals surface area contributed by atoms with Crippen molar-refractivity contribution in [3.05, 3.63) is 35.9 Å². The Morgan fingerprint density at radius 1 is 1.29 bits per heavy atom. The molecule has 0 bridgehead atoms. The average Bonchev–Trinajstić information content (AvgIpc) is 2.38. The van der Waals surface area contributed by atoms with Crippen molar-refractivity contribution in [2.75, 3.05) is 33.2 Å². The molecule has 0 fully saturated rings. The Kier molecular flexibility index (Phi) is 7.01. The highest BCUT2D eigenvalue weighted by Gasteiger charge is 2.28. The Labute approximate surface area is 122 Å². The summed E-state index contributed by atoms with van der Waals surface area (Å²) in [5.41, 5.74) is 6.83. The standard InChI is InChI=1S/C14H21F3N4/c1-21(11-14(15,16)17)10-9-20-13(18)19-8-7-12-5-3-2-4-6-12/h2-6H,7-11H2,1H3,(H3,18,19,20). The van der Waals surface area contributed by atoms with Crippen LogP contribution in [0.3, 0.4) is 0 Å². The topological polar surface area (TPSA) is 53.6 Å². The zero-order chi connectivity index (χ0) is 15.7. The van der Waals surface area contributed by atoms with Crippen LogP contribution in [0, 0.1) is 0 Å². The molecule has 0 spiro atoms. The molecule has 7 heteroatoms. The third-order valence-corrected chi connectivity index (χ3v) is 2.78. The molecular weight excluding hydrogens is 281 g/mol. The summed E-state index contributed by atoms with van der Waals surface area (Å²) in [6.07, 6.45) is -3.37. The Bertz CT molecular complexity index is 432. The van der Waals surface area contributed by atoms with Crippen LogP contribution in [-0.4, -0.2) is 50.3 Å². The van der Waals surface area contributed by atoms with Crippen LogP contribution in [0.4, 0.5) is 13.2 Å². The van der Waals surface area contributed by atoms with E-state index in [1.807, 2.05) is 30.3 Å². The number of nitrogens with zero attached hydrogens (tertiary/aromatic N) is 2. The SMILES string of the molecule is CN(CCN=C(N)NCCc1ccccc1)CC(F)(F)F. The van der Waals surface area contributed by atoms with Gasteiger partial charge in [-0.1, -0.05) is 30.3 Å². The first kappa shape index (κ1) is 17.3. The van der Waals surface area contributed by atoms with E-state index in [9.17, 15) is 13.2 Å². The number of hydrogen-bond donors (Lipinski definition) is 2. The number of likely N-dealkylation sites (N-methyl/N-ethyl adjacent to an activating group) is 1. The van der Waals surface area contributed by atoms with Crippen molar-refractivity contribution < 1.29 is 13.2 Å². The molecule has 118 valence electrons. The second kappa shape index (κ2) is 8.51. The zero-order valence-corrected chi connectivity index (χ0v) is 12.0. The van der Waals surface area contributed by atoms with Gasteiger partial charge in [0, 0.05) is 13.1 Å². The molecule has 4 nitrogen and oxygen atoms in total. The highest BCUT2D eigenvalue weighted by atomic mass is 19.4. The van der Waals surface area contributed by atoms with Gasteiger partial charge in [-0.05, 0) is 19.0 Å². The molecule has 0 atom stereocenters. The van der Waals surface area contributed by atoms with Gasteiger partial charge in [-0.25, -0.2) is 0 Å². The van der Waals surface area contributed by atoms with E-state index in [2.05, 4.69) is 10.3 Å². The normalized spacial score (nSPS) is 12.7. The molecule has 0 heterocycles. The molecule has 0 aliphatic carbocycles. The summed E-state index contributed by atoms with van der Waals surface area (Å²) in [7, 11) is 1.40. The van der Waals surface area contributed by atoms with Gasteiger partial charge in [0.05, 0.1) is 13.1 Å². The highest BCUT2D eigenvalue weighted by Crippen LogP contribution is 2.15. The molecule has 0 amide bonds. The molecule has 21 heavy (non-hydrogen) atoms. The summed E-state index contributed by atoms with van der Waals surface area (Å²) < 4.78 is 36.3. The van der Waals surface area contributed by atoms with E-state index in [0.717, 1.165) is 6.42 Å². The van der Waals surface area contributed by atoms with Crippen molar-refractivity contribution in [2.24, 2.45) is 10.7 Å². The zero-order valence-electron chi connectivity index (χ0n) is 12.0. The predicted octanol–water partition coefficient (Wildman–Crippen LogP) is 1.63. The quantitative estimate of drug-likeness (QED) is 0.594. The number of halogens is 3. The average molecular weight is 302 g/mol. The van der Waals surface area contributed by atoms with E-state index in [0.29, 0.717) is 6.54 Å². The van der Waals surface area contributed by atoms with Crippen molar-refractivity contribution in [3.63, 3.8) is 0 Å². The number of alkyl halides is 3. The van der Waals surface area contributed by atoms with Crippen molar-refractivity contribution in [1.82, 2.24) is 10.2 Å². The molecule has 1 aromatic rings. The minimum atomic E-state index is -4.18. The van der Waals surface area contributed by atoms with Crippen molar-refractivity contribution in [3.8, 4) is 0 Å². The number of hydrogen-bond acceptors (Lipinski definition) is 2. The molecular formula is C14H21F3N4. The van der Waals surface area contributed by atoms with E-state index in [1.54, 1.807) is 0 Å².